The number of aliphatic hydroxyl groups excluding tert-OH is 1. The van der Waals surface area contributed by atoms with Crippen molar-refractivity contribution in [1.82, 2.24) is 29.0 Å². The van der Waals surface area contributed by atoms with Gasteiger partial charge < -0.3 is 63.2 Å². The number of sulfone groups is 1. The highest BCUT2D eigenvalue weighted by Gasteiger charge is 2.31. The smallest absolute Gasteiger partial charge is 0.360 e. The van der Waals surface area contributed by atoms with Crippen LogP contribution < -0.4 is 0 Å². The van der Waals surface area contributed by atoms with Gasteiger partial charge in [-0.2, -0.15) is 4.31 Å². The molecule has 132 heavy (non-hydrogen) atoms. The molecule has 0 bridgehead atoms. The number of halogens is 2. The molecule has 0 amide bonds. The summed E-state index contributed by atoms with van der Waals surface area (Å²) in [6, 6.07) is 49.0. The largest absolute Gasteiger partial charge is 0.508 e. The Hall–Kier alpha value is -12.3. The van der Waals surface area contributed by atoms with E-state index in [-0.39, 0.29) is 81.5 Å². The Labute approximate surface area is 785 Å². The highest BCUT2D eigenvalue weighted by atomic mass is 79.9. The number of cyclic esters (lactones) is 2. The maximum atomic E-state index is 13.1. The van der Waals surface area contributed by atoms with Crippen LogP contribution in [-0.2, 0) is 97.7 Å². The Morgan fingerprint density at radius 2 is 1.02 bits per heavy atom. The number of benzene rings is 8. The van der Waals surface area contributed by atoms with E-state index in [4.69, 9.17) is 40.8 Å². The van der Waals surface area contributed by atoms with E-state index in [0.717, 1.165) is 102 Å². The molecule has 0 spiro atoms. The van der Waals surface area contributed by atoms with E-state index in [0.29, 0.717) is 58.1 Å². The first kappa shape index (κ1) is 112. The molecule has 1 unspecified atom stereocenters. The summed E-state index contributed by atoms with van der Waals surface area (Å²) in [7, 11) is 12.0. The summed E-state index contributed by atoms with van der Waals surface area (Å²) in [4.78, 5) is 106. The van der Waals surface area contributed by atoms with Crippen LogP contribution in [-0.4, -0.2) is 236 Å². The number of carbonyl (C=O) groups is 8. The van der Waals surface area contributed by atoms with Gasteiger partial charge in [0.15, 0.2) is 32.7 Å². The molecule has 13 rings (SSSR count). The number of ether oxygens (including phenoxy) is 8. The molecular formula is C98H118BrClN6O24S2. The Morgan fingerprint density at radius 1 is 0.523 bits per heavy atom. The summed E-state index contributed by atoms with van der Waals surface area (Å²) in [5, 5.41) is 38.7. The predicted octanol–water partition coefficient (Wildman–Crippen LogP) is 15.1. The van der Waals surface area contributed by atoms with E-state index >= 15 is 0 Å². The van der Waals surface area contributed by atoms with E-state index in [9.17, 15) is 65.4 Å². The van der Waals surface area contributed by atoms with Crippen LogP contribution in [0.15, 0.2) is 209 Å². The van der Waals surface area contributed by atoms with Crippen molar-refractivity contribution in [2.24, 2.45) is 0 Å². The SMILES string of the molecule is CCOC(=O)c1nc(CN(C)C)c2cc(C)ccc2c1O.CN(C)CN(C)C.CO.COC(=O)CCS(=O)(=O)c1ccc(C)cc1.COC(=O)CN(Cc1cc(C)ccc1C(=O)OC)S(=O)(=O)c1ccc(C)cc1.COC(=O)c1ccc(C)cc1CCl.COC(=O)c1ncc2cc(C)ccc2c1O.Cc1ccc2c(c1)COC2=O.O=C1OCC2=CC(Br)CC=C12.Oc1ccccc1. The molecule has 0 saturated carbocycles. The molecule has 4 N–H and O–H groups in total. The number of rotatable bonds is 20. The number of sulfonamides is 1. The fourth-order valence-corrected chi connectivity index (χ4v) is 15.7. The number of alkyl halides is 2. The van der Waals surface area contributed by atoms with Crippen LogP contribution in [0.5, 0.6) is 17.2 Å². The first-order valence-corrected chi connectivity index (χ1v) is 45.5. The van der Waals surface area contributed by atoms with Gasteiger partial charge >= 0.3 is 47.8 Å². The number of esters is 8. The number of allylic oxidation sites excluding steroid dienone is 2. The molecule has 710 valence electrons. The fourth-order valence-electron chi connectivity index (χ4n) is 12.3. The van der Waals surface area contributed by atoms with Gasteiger partial charge in [-0.05, 0) is 182 Å². The van der Waals surface area contributed by atoms with Crippen LogP contribution in [0.3, 0.4) is 0 Å². The lowest BCUT2D eigenvalue weighted by Gasteiger charge is -2.22. The van der Waals surface area contributed by atoms with Crippen molar-refractivity contribution in [3.05, 3.63) is 289 Å². The van der Waals surface area contributed by atoms with E-state index in [1.165, 1.54) is 53.2 Å². The Morgan fingerprint density at radius 3 is 1.53 bits per heavy atom. The van der Waals surface area contributed by atoms with Crippen LogP contribution in [0.4, 0.5) is 0 Å². The summed E-state index contributed by atoms with van der Waals surface area (Å²) < 4.78 is 88.4. The number of fused-ring (bicyclic) bond motifs is 4. The van der Waals surface area contributed by atoms with Gasteiger partial charge in [0.1, 0.15) is 25.5 Å². The van der Waals surface area contributed by atoms with Crippen LogP contribution >= 0.6 is 27.5 Å². The number of phenolic OH excluding ortho intramolecular Hbond substituents is 1. The van der Waals surface area contributed by atoms with Crippen molar-refractivity contribution in [2.75, 3.05) is 117 Å². The molecular weight excluding hydrogens is 1820 g/mol. The highest BCUT2D eigenvalue weighted by molar-refractivity contribution is 9.09. The van der Waals surface area contributed by atoms with Gasteiger partial charge in [0, 0.05) is 76.5 Å². The van der Waals surface area contributed by atoms with E-state index in [1.54, 1.807) is 104 Å². The summed E-state index contributed by atoms with van der Waals surface area (Å²) in [5.74, 6) is -3.57. The lowest BCUT2D eigenvalue weighted by atomic mass is 10.0. The normalized spacial score (nSPS) is 12.4. The van der Waals surface area contributed by atoms with Crippen molar-refractivity contribution in [1.29, 1.82) is 0 Å². The number of nitrogens with zero attached hydrogens (tertiary/aromatic N) is 6. The second kappa shape index (κ2) is 55.8. The third kappa shape index (κ3) is 35.8. The van der Waals surface area contributed by atoms with Crippen molar-refractivity contribution in [2.45, 2.75) is 108 Å². The topological polar surface area (TPSA) is 398 Å². The second-order valence-electron chi connectivity index (χ2n) is 30.4. The van der Waals surface area contributed by atoms with Gasteiger partial charge in [0.05, 0.1) is 92.1 Å². The lowest BCUT2D eigenvalue weighted by molar-refractivity contribution is -0.141. The summed E-state index contributed by atoms with van der Waals surface area (Å²) in [5.41, 5.74) is 13.4. The van der Waals surface area contributed by atoms with Crippen LogP contribution in [0.1, 0.15) is 133 Å². The maximum absolute atomic E-state index is 13.1. The van der Waals surface area contributed by atoms with E-state index < -0.39 is 56.3 Å². The number of pyridine rings is 2. The van der Waals surface area contributed by atoms with Crippen LogP contribution in [0.25, 0.3) is 21.5 Å². The molecule has 1 saturated heterocycles. The Kier molecular flexibility index (Phi) is 47.3. The zero-order valence-electron chi connectivity index (χ0n) is 78.0. The molecule has 2 aliphatic heterocycles. The van der Waals surface area contributed by atoms with E-state index in [2.05, 4.69) is 82.8 Å². The van der Waals surface area contributed by atoms with Gasteiger partial charge in [-0.3, -0.25) is 19.4 Å². The average molecular weight is 1940 g/mol. The quantitative estimate of drug-likeness (QED) is 0.0238. The first-order chi connectivity index (χ1) is 62.4. The number of phenols is 1. The van der Waals surface area contributed by atoms with Crippen molar-refractivity contribution < 1.29 is 114 Å². The van der Waals surface area contributed by atoms with Gasteiger partial charge in [0.2, 0.25) is 10.0 Å². The number of para-hydroxylation sites is 1. The average Bonchev–Trinajstić information content (AvgIpc) is 0.812. The van der Waals surface area contributed by atoms with E-state index in [1.807, 2.05) is 146 Å². The molecule has 0 radical (unpaired) electrons. The summed E-state index contributed by atoms with van der Waals surface area (Å²) in [6.07, 6.45) is 6.29. The number of aryl methyl sites for hydroxylation is 7. The standard InChI is InChI=1S/C20H23NO6S.C16H20N2O3.C12H11NO3.C11H14O4S.C10H11ClO2.C9H8O2.C8H7BrO2.C6H6O.C5H14N2.CH4O/c1-14-5-8-17(9-6-14)28(24,25)21(13-19(22)26-3)12-16-11-15(2)7-10-18(16)20(23)27-4;1-5-21-16(20)14-15(19)11-7-6-10(2)8-12(11)13(17-14)9-18(3)4;1-7-3-4-9-8(5-7)6-13-10(11(9)14)12(15)16-2;1-9-3-5-10(6-4-9)16(13,14)8-7-11(12)15-2;1-7-3-4-9(10(12)13-2)8(5-7)6-11;1-6-2-3-8-7(4-6)5-11-9(8)10;9-6-1-2-7-5(3-6)4-11-8(7)10;7-6-4-2-1-3-5-6;1-6(2)5-7(3)4;1-2/h5-11H,12-13H2,1-4H3;6-8,19H,5,9H2,1-4H3;3-6,14H,1-2H3;3-6H,7-8H2,1-2H3;3-5H,6H2,1-2H3;2-4H,5H2,1H3;2-3,6H,1,4H2;1-5,7H;5H2,1-4H3;2H,1H3. The van der Waals surface area contributed by atoms with Crippen LogP contribution in [0.2, 0.25) is 0 Å². The van der Waals surface area contributed by atoms with Crippen LogP contribution in [0, 0.1) is 48.5 Å². The number of carbonyl (C=O) groups excluding carboxylic acids is 8. The molecule has 10 aromatic rings. The molecule has 1 aliphatic carbocycles. The summed E-state index contributed by atoms with van der Waals surface area (Å²) in [6.45, 7) is 17.2. The van der Waals surface area contributed by atoms with Gasteiger partial charge in [-0.15, -0.1) is 11.6 Å². The maximum Gasteiger partial charge on any atom is 0.360 e. The minimum absolute atomic E-state index is 0.0231. The third-order valence-corrected chi connectivity index (χ3v) is 23.2. The molecule has 4 heterocycles. The van der Waals surface area contributed by atoms with Gasteiger partial charge in [-0.25, -0.2) is 55.6 Å². The number of methoxy groups -OCH3 is 5. The number of aromatic hydroxyl groups is 3. The monoisotopic (exact) mass is 1940 g/mol. The molecule has 30 nitrogen and oxygen atoms in total. The molecule has 3 aliphatic rings. The number of hydrogen-bond donors (Lipinski definition) is 4. The predicted molar refractivity (Wildman–Crippen MR) is 509 cm³/mol. The van der Waals surface area contributed by atoms with Crippen molar-refractivity contribution in [3.8, 4) is 17.2 Å². The lowest BCUT2D eigenvalue weighted by Crippen LogP contribution is -2.36. The zero-order chi connectivity index (χ0) is 98.9. The second-order valence-corrected chi connectivity index (χ2v) is 35.9. The molecule has 8 aromatic carbocycles. The zero-order valence-corrected chi connectivity index (χ0v) is 81.9. The minimum Gasteiger partial charge on any atom is -0.508 e. The number of hydrogen-bond acceptors (Lipinski definition) is 29. The third-order valence-electron chi connectivity index (χ3n) is 18.8. The molecule has 2 aromatic heterocycles. The molecule has 1 fully saturated rings. The fraction of sp³-hybridized carbons (Fsp3) is 0.327. The number of aromatic nitrogens is 2. The van der Waals surface area contributed by atoms with Crippen molar-refractivity contribution >= 4 is 117 Å². The van der Waals surface area contributed by atoms with Gasteiger partial charge in [-0.1, -0.05) is 170 Å². The molecule has 34 heteroatoms. The summed E-state index contributed by atoms with van der Waals surface area (Å²) >= 11 is 9.15. The van der Waals surface area contributed by atoms with Crippen molar-refractivity contribution in [3.63, 3.8) is 0 Å². The first-order valence-electron chi connectivity index (χ1n) is 41.0. The molecule has 1 atom stereocenters. The van der Waals surface area contributed by atoms with Gasteiger partial charge in [0.25, 0.3) is 0 Å². The number of aliphatic hydroxyl groups is 1. The minimum atomic E-state index is -4.00. The Bertz CT molecular complexity index is 5870. The highest BCUT2D eigenvalue weighted by Crippen LogP contribution is 2.34. The Balaban J connectivity index is 0.000000319.